The summed E-state index contributed by atoms with van der Waals surface area (Å²) >= 11 is 0. The van der Waals surface area contributed by atoms with Gasteiger partial charge in [-0.25, -0.2) is 0 Å². The molecule has 0 saturated carbocycles. The average Bonchev–Trinajstić information content (AvgIpc) is 2.22. The van der Waals surface area contributed by atoms with E-state index in [4.69, 9.17) is 10.5 Å². The summed E-state index contributed by atoms with van der Waals surface area (Å²) in [6, 6.07) is 3.96. The van der Waals surface area contributed by atoms with E-state index in [0.29, 0.717) is 6.54 Å². The zero-order valence-corrected chi connectivity index (χ0v) is 9.79. The molecule has 0 saturated heterocycles. The third-order valence-corrected chi connectivity index (χ3v) is 2.36. The second-order valence-corrected chi connectivity index (χ2v) is 3.77. The van der Waals surface area contributed by atoms with Crippen molar-refractivity contribution in [3.8, 4) is 5.75 Å². The smallest absolute Gasteiger partial charge is 0.141 e. The second kappa shape index (κ2) is 5.71. The van der Waals surface area contributed by atoms with E-state index >= 15 is 0 Å². The number of aryl methyl sites for hydroxylation is 1. The first-order valence-corrected chi connectivity index (χ1v) is 5.50. The molecule has 0 bridgehead atoms. The second-order valence-electron chi connectivity index (χ2n) is 3.77. The van der Waals surface area contributed by atoms with Gasteiger partial charge in [-0.05, 0) is 38.9 Å². The summed E-state index contributed by atoms with van der Waals surface area (Å²) in [6.45, 7) is 6.75. The summed E-state index contributed by atoms with van der Waals surface area (Å²) in [5.41, 5.74) is 7.53. The molecule has 1 aromatic rings. The normalized spacial score (nSPS) is 12.5. The van der Waals surface area contributed by atoms with Gasteiger partial charge in [-0.15, -0.1) is 0 Å². The van der Waals surface area contributed by atoms with Gasteiger partial charge in [0.15, 0.2) is 0 Å². The quantitative estimate of drug-likeness (QED) is 0.805. The molecule has 3 heteroatoms. The number of ether oxygens (including phenoxy) is 1. The van der Waals surface area contributed by atoms with Crippen LogP contribution in [-0.2, 0) is 6.42 Å². The lowest BCUT2D eigenvalue weighted by atomic mass is 10.2. The molecule has 0 aliphatic rings. The maximum absolute atomic E-state index is 5.78. The van der Waals surface area contributed by atoms with Crippen molar-refractivity contribution in [3.05, 3.63) is 23.5 Å². The Balaban J connectivity index is 2.85. The lowest BCUT2D eigenvalue weighted by Crippen LogP contribution is -2.13. The molecule has 0 radical (unpaired) electrons. The van der Waals surface area contributed by atoms with Crippen molar-refractivity contribution in [2.75, 3.05) is 6.54 Å². The van der Waals surface area contributed by atoms with Crippen molar-refractivity contribution < 1.29 is 4.74 Å². The summed E-state index contributed by atoms with van der Waals surface area (Å²) in [6.07, 6.45) is 2.00. The average molecular weight is 208 g/mol. The minimum Gasteiger partial charge on any atom is -0.489 e. The predicted octanol–water partition coefficient (Wildman–Crippen LogP) is 2.07. The van der Waals surface area contributed by atoms with Gasteiger partial charge in [-0.3, -0.25) is 4.98 Å². The van der Waals surface area contributed by atoms with Crippen LogP contribution in [0, 0.1) is 6.92 Å². The summed E-state index contributed by atoms with van der Waals surface area (Å²) in [5.74, 6) is 0.875. The number of pyridine rings is 1. The number of aromatic nitrogens is 1. The van der Waals surface area contributed by atoms with E-state index in [1.54, 1.807) is 0 Å². The van der Waals surface area contributed by atoms with Crippen LogP contribution in [-0.4, -0.2) is 17.6 Å². The molecule has 15 heavy (non-hydrogen) atoms. The largest absolute Gasteiger partial charge is 0.489 e. The van der Waals surface area contributed by atoms with Crippen molar-refractivity contribution >= 4 is 0 Å². The lowest BCUT2D eigenvalue weighted by Gasteiger charge is -2.15. The molecule has 1 rings (SSSR count). The van der Waals surface area contributed by atoms with Crippen LogP contribution in [0.1, 0.15) is 31.7 Å². The number of nitrogens with two attached hydrogens (primary N) is 1. The number of nitrogens with zero attached hydrogens (tertiary/aromatic N) is 1. The van der Waals surface area contributed by atoms with Crippen molar-refractivity contribution in [2.24, 2.45) is 5.73 Å². The Hall–Kier alpha value is -1.09. The van der Waals surface area contributed by atoms with Crippen LogP contribution in [0.2, 0.25) is 0 Å². The molecule has 0 amide bonds. The highest BCUT2D eigenvalue weighted by Gasteiger charge is 2.08. The van der Waals surface area contributed by atoms with E-state index in [-0.39, 0.29) is 6.10 Å². The zero-order valence-electron chi connectivity index (χ0n) is 9.79. The summed E-state index contributed by atoms with van der Waals surface area (Å²) in [5, 5.41) is 0. The van der Waals surface area contributed by atoms with Crippen LogP contribution < -0.4 is 10.5 Å². The first kappa shape index (κ1) is 12.0. The minimum absolute atomic E-state index is 0.228. The van der Waals surface area contributed by atoms with Gasteiger partial charge in [0.25, 0.3) is 0 Å². The zero-order chi connectivity index (χ0) is 11.3. The maximum atomic E-state index is 5.78. The van der Waals surface area contributed by atoms with Crippen LogP contribution in [0.5, 0.6) is 5.75 Å². The summed E-state index contributed by atoms with van der Waals surface area (Å²) < 4.78 is 5.78. The molecule has 0 aromatic carbocycles. The number of hydrogen-bond acceptors (Lipinski definition) is 3. The van der Waals surface area contributed by atoms with Gasteiger partial charge in [0.1, 0.15) is 5.75 Å². The van der Waals surface area contributed by atoms with E-state index in [2.05, 4.69) is 18.8 Å². The van der Waals surface area contributed by atoms with E-state index in [1.807, 2.05) is 19.1 Å². The Morgan fingerprint density at radius 1 is 1.47 bits per heavy atom. The Morgan fingerprint density at radius 3 is 2.80 bits per heavy atom. The van der Waals surface area contributed by atoms with E-state index in [9.17, 15) is 0 Å². The molecule has 1 atom stereocenters. The van der Waals surface area contributed by atoms with Gasteiger partial charge in [-0.2, -0.15) is 0 Å². The van der Waals surface area contributed by atoms with Gasteiger partial charge in [0.2, 0.25) is 0 Å². The van der Waals surface area contributed by atoms with Crippen molar-refractivity contribution in [1.82, 2.24) is 4.98 Å². The number of hydrogen-bond donors (Lipinski definition) is 1. The standard InChI is InChI=1S/C12H20N2O/c1-4-10(3)15-12-6-5-9(2)14-11(12)7-8-13/h5-6,10H,4,7-8,13H2,1-3H3. The van der Waals surface area contributed by atoms with Crippen LogP contribution in [0.3, 0.4) is 0 Å². The molecule has 0 aliphatic heterocycles. The SMILES string of the molecule is CCC(C)Oc1ccc(C)nc1CCN. The molecule has 0 fully saturated rings. The molecule has 0 spiro atoms. The van der Waals surface area contributed by atoms with Crippen LogP contribution in [0.25, 0.3) is 0 Å². The van der Waals surface area contributed by atoms with Crippen LogP contribution >= 0.6 is 0 Å². The fraction of sp³-hybridized carbons (Fsp3) is 0.583. The fourth-order valence-corrected chi connectivity index (χ4v) is 1.32. The highest BCUT2D eigenvalue weighted by atomic mass is 16.5. The molecule has 3 nitrogen and oxygen atoms in total. The molecule has 1 heterocycles. The minimum atomic E-state index is 0.228. The third-order valence-electron chi connectivity index (χ3n) is 2.36. The van der Waals surface area contributed by atoms with Gasteiger partial charge < -0.3 is 10.5 Å². The molecular formula is C12H20N2O. The first-order chi connectivity index (χ1) is 7.17. The Labute approximate surface area is 91.7 Å². The monoisotopic (exact) mass is 208 g/mol. The van der Waals surface area contributed by atoms with E-state index < -0.39 is 0 Å². The number of rotatable bonds is 5. The molecule has 1 unspecified atom stereocenters. The van der Waals surface area contributed by atoms with Crippen molar-refractivity contribution in [3.63, 3.8) is 0 Å². The Morgan fingerprint density at radius 2 is 2.20 bits per heavy atom. The fourth-order valence-electron chi connectivity index (χ4n) is 1.32. The Kier molecular flexibility index (Phi) is 4.56. The maximum Gasteiger partial charge on any atom is 0.141 e. The van der Waals surface area contributed by atoms with Gasteiger partial charge in [0, 0.05) is 12.1 Å². The topological polar surface area (TPSA) is 48.1 Å². The van der Waals surface area contributed by atoms with Gasteiger partial charge in [0.05, 0.1) is 11.8 Å². The molecule has 1 aromatic heterocycles. The van der Waals surface area contributed by atoms with Gasteiger partial charge >= 0.3 is 0 Å². The first-order valence-electron chi connectivity index (χ1n) is 5.50. The highest BCUT2D eigenvalue weighted by Crippen LogP contribution is 2.19. The predicted molar refractivity (Wildman–Crippen MR) is 62.1 cm³/mol. The van der Waals surface area contributed by atoms with Gasteiger partial charge in [-0.1, -0.05) is 6.92 Å². The van der Waals surface area contributed by atoms with E-state index in [0.717, 1.165) is 30.0 Å². The molecule has 0 aliphatic carbocycles. The molecule has 2 N–H and O–H groups in total. The van der Waals surface area contributed by atoms with Crippen molar-refractivity contribution in [1.29, 1.82) is 0 Å². The summed E-state index contributed by atoms with van der Waals surface area (Å²) in [4.78, 5) is 4.45. The van der Waals surface area contributed by atoms with Crippen molar-refractivity contribution in [2.45, 2.75) is 39.7 Å². The third kappa shape index (κ3) is 3.51. The lowest BCUT2D eigenvalue weighted by molar-refractivity contribution is 0.214. The highest BCUT2D eigenvalue weighted by molar-refractivity contribution is 5.29. The van der Waals surface area contributed by atoms with Crippen LogP contribution in [0.15, 0.2) is 12.1 Å². The Bertz CT molecular complexity index is 312. The van der Waals surface area contributed by atoms with Crippen LogP contribution in [0.4, 0.5) is 0 Å². The van der Waals surface area contributed by atoms with E-state index in [1.165, 1.54) is 0 Å². The molecular weight excluding hydrogens is 188 g/mol. The summed E-state index contributed by atoms with van der Waals surface area (Å²) in [7, 11) is 0. The molecule has 84 valence electrons.